The zero-order valence-electron chi connectivity index (χ0n) is 12.6. The smallest absolute Gasteiger partial charge is 0.305 e. The molecule has 0 aromatic carbocycles. The van der Waals surface area contributed by atoms with Gasteiger partial charge in [-0.3, -0.25) is 4.79 Å². The summed E-state index contributed by atoms with van der Waals surface area (Å²) in [4.78, 5) is 22.1. The number of rotatable bonds is 8. The van der Waals surface area contributed by atoms with Gasteiger partial charge in [-0.25, -0.2) is 0 Å². The number of carbonyl (C=O) groups is 2. The number of ether oxygens (including phenoxy) is 1. The van der Waals surface area contributed by atoms with E-state index in [1.165, 1.54) is 26.2 Å². The van der Waals surface area contributed by atoms with Gasteiger partial charge < -0.3 is 9.53 Å². The Hall–Kier alpha value is -0.860. The second-order valence-corrected chi connectivity index (χ2v) is 6.10. The maximum atomic E-state index is 11.2. The Labute approximate surface area is 117 Å². The molecule has 0 heterocycles. The van der Waals surface area contributed by atoms with Crippen molar-refractivity contribution < 1.29 is 14.3 Å². The normalized spacial score (nSPS) is 30.3. The zero-order valence-corrected chi connectivity index (χ0v) is 12.6. The average Bonchev–Trinajstić information content (AvgIpc) is 2.67. The molecule has 3 heteroatoms. The molecule has 0 aromatic rings. The minimum absolute atomic E-state index is 0.112. The van der Waals surface area contributed by atoms with Gasteiger partial charge in [-0.2, -0.15) is 0 Å². The second-order valence-electron chi connectivity index (χ2n) is 6.10. The Morgan fingerprint density at radius 1 is 1.16 bits per heavy atom. The minimum Gasteiger partial charge on any atom is -0.469 e. The number of unbranched alkanes of at least 4 members (excludes halogenated alkanes) is 3. The molecule has 0 aliphatic heterocycles. The third-order valence-corrected chi connectivity index (χ3v) is 4.68. The van der Waals surface area contributed by atoms with Gasteiger partial charge in [-0.05, 0) is 37.0 Å². The van der Waals surface area contributed by atoms with E-state index in [0.717, 1.165) is 25.7 Å². The van der Waals surface area contributed by atoms with Crippen LogP contribution in [0.3, 0.4) is 0 Å². The summed E-state index contributed by atoms with van der Waals surface area (Å²) >= 11 is 0. The molecule has 1 aliphatic carbocycles. The highest BCUT2D eigenvalue weighted by molar-refractivity contribution is 5.68. The van der Waals surface area contributed by atoms with Crippen LogP contribution in [0.25, 0.3) is 0 Å². The monoisotopic (exact) mass is 268 g/mol. The Balaban J connectivity index is 2.15. The van der Waals surface area contributed by atoms with Crippen LogP contribution in [-0.4, -0.2) is 19.4 Å². The molecule has 0 aromatic heterocycles. The van der Waals surface area contributed by atoms with Crippen LogP contribution in [0.15, 0.2) is 0 Å². The zero-order chi connectivity index (χ0) is 14.3. The Kier molecular flexibility index (Phi) is 7.11. The Bertz CT molecular complexity index is 288. The van der Waals surface area contributed by atoms with Crippen molar-refractivity contribution in [3.05, 3.63) is 0 Å². The summed E-state index contributed by atoms with van der Waals surface area (Å²) in [5.74, 6) is 1.97. The molecule has 1 saturated carbocycles. The largest absolute Gasteiger partial charge is 0.469 e. The highest BCUT2D eigenvalue weighted by atomic mass is 16.5. The molecule has 3 nitrogen and oxygen atoms in total. The van der Waals surface area contributed by atoms with Gasteiger partial charge in [0.1, 0.15) is 6.29 Å². The molecule has 0 unspecified atom stereocenters. The number of carbonyl (C=O) groups excluding carboxylic acids is 2. The first-order valence-electron chi connectivity index (χ1n) is 7.62. The van der Waals surface area contributed by atoms with Gasteiger partial charge in [-0.1, -0.05) is 33.1 Å². The third kappa shape index (κ3) is 4.96. The molecule has 0 amide bonds. The maximum absolute atomic E-state index is 11.2. The Morgan fingerprint density at radius 3 is 2.47 bits per heavy atom. The highest BCUT2D eigenvalue weighted by Crippen LogP contribution is 2.42. The Morgan fingerprint density at radius 2 is 1.84 bits per heavy atom. The molecule has 4 atom stereocenters. The molecular formula is C16H28O3. The number of aldehydes is 1. The lowest BCUT2D eigenvalue weighted by atomic mass is 9.85. The van der Waals surface area contributed by atoms with Crippen LogP contribution < -0.4 is 0 Å². The van der Waals surface area contributed by atoms with Crippen molar-refractivity contribution in [2.24, 2.45) is 23.7 Å². The van der Waals surface area contributed by atoms with Crippen molar-refractivity contribution in [1.29, 1.82) is 0 Å². The van der Waals surface area contributed by atoms with Gasteiger partial charge in [0.15, 0.2) is 0 Å². The summed E-state index contributed by atoms with van der Waals surface area (Å²) in [7, 11) is 1.44. The minimum atomic E-state index is -0.112. The van der Waals surface area contributed by atoms with Crippen molar-refractivity contribution in [2.45, 2.75) is 58.8 Å². The topological polar surface area (TPSA) is 43.4 Å². The van der Waals surface area contributed by atoms with E-state index >= 15 is 0 Å². The van der Waals surface area contributed by atoms with E-state index < -0.39 is 0 Å². The SMILES string of the molecule is COC(=O)CCCCCC[C@@H]1[C@@H](C=O)[C@H](C)C[C@@H]1C. The summed E-state index contributed by atoms with van der Waals surface area (Å²) < 4.78 is 4.61. The fourth-order valence-corrected chi connectivity index (χ4v) is 3.54. The van der Waals surface area contributed by atoms with Gasteiger partial charge >= 0.3 is 5.97 Å². The van der Waals surface area contributed by atoms with Crippen molar-refractivity contribution in [2.75, 3.05) is 7.11 Å². The van der Waals surface area contributed by atoms with Gasteiger partial charge in [0.2, 0.25) is 0 Å². The van der Waals surface area contributed by atoms with Gasteiger partial charge in [0.25, 0.3) is 0 Å². The van der Waals surface area contributed by atoms with Gasteiger partial charge in [0, 0.05) is 12.3 Å². The van der Waals surface area contributed by atoms with Crippen LogP contribution in [0.2, 0.25) is 0 Å². The van der Waals surface area contributed by atoms with E-state index in [4.69, 9.17) is 0 Å². The maximum Gasteiger partial charge on any atom is 0.305 e. The highest BCUT2D eigenvalue weighted by Gasteiger charge is 2.37. The fraction of sp³-hybridized carbons (Fsp3) is 0.875. The first-order chi connectivity index (χ1) is 9.10. The lowest BCUT2D eigenvalue weighted by molar-refractivity contribution is -0.140. The molecule has 0 bridgehead atoms. The summed E-state index contributed by atoms with van der Waals surface area (Å²) in [5, 5.41) is 0. The molecule has 19 heavy (non-hydrogen) atoms. The summed E-state index contributed by atoms with van der Waals surface area (Å²) in [6.07, 6.45) is 8.38. The predicted octanol–water partition coefficient (Wildman–Crippen LogP) is 3.61. The van der Waals surface area contributed by atoms with E-state index in [1.807, 2.05) is 0 Å². The van der Waals surface area contributed by atoms with Crippen molar-refractivity contribution in [1.82, 2.24) is 0 Å². The standard InChI is InChI=1S/C16H28O3/c1-12-10-13(2)15(11-17)14(12)8-6-4-5-7-9-16(18)19-3/h11-15H,4-10H2,1-3H3/t12-,13+,14-,15-/m0/s1. The number of hydrogen-bond donors (Lipinski definition) is 0. The van der Waals surface area contributed by atoms with Crippen LogP contribution >= 0.6 is 0 Å². The van der Waals surface area contributed by atoms with Gasteiger partial charge in [-0.15, -0.1) is 0 Å². The van der Waals surface area contributed by atoms with Crippen LogP contribution in [-0.2, 0) is 14.3 Å². The number of methoxy groups -OCH3 is 1. The molecular weight excluding hydrogens is 240 g/mol. The third-order valence-electron chi connectivity index (χ3n) is 4.68. The predicted molar refractivity (Wildman–Crippen MR) is 75.7 cm³/mol. The van der Waals surface area contributed by atoms with E-state index in [1.54, 1.807) is 0 Å². The van der Waals surface area contributed by atoms with Crippen LogP contribution in [0.5, 0.6) is 0 Å². The van der Waals surface area contributed by atoms with Gasteiger partial charge in [0.05, 0.1) is 7.11 Å². The number of esters is 1. The fourth-order valence-electron chi connectivity index (χ4n) is 3.54. The van der Waals surface area contributed by atoms with E-state index in [-0.39, 0.29) is 11.9 Å². The van der Waals surface area contributed by atoms with Crippen LogP contribution in [0.1, 0.15) is 58.8 Å². The molecule has 1 fully saturated rings. The molecule has 0 N–H and O–H groups in total. The summed E-state index contributed by atoms with van der Waals surface area (Å²) in [6, 6.07) is 0. The quantitative estimate of drug-likeness (QED) is 0.384. The van der Waals surface area contributed by atoms with E-state index in [9.17, 15) is 9.59 Å². The van der Waals surface area contributed by atoms with Crippen LogP contribution in [0, 0.1) is 23.7 Å². The van der Waals surface area contributed by atoms with E-state index in [2.05, 4.69) is 18.6 Å². The lowest BCUT2D eigenvalue weighted by Crippen LogP contribution is -2.17. The summed E-state index contributed by atoms with van der Waals surface area (Å²) in [5.41, 5.74) is 0. The molecule has 0 spiro atoms. The lowest BCUT2D eigenvalue weighted by Gasteiger charge is -2.19. The number of hydrogen-bond acceptors (Lipinski definition) is 3. The van der Waals surface area contributed by atoms with Crippen LogP contribution in [0.4, 0.5) is 0 Å². The average molecular weight is 268 g/mol. The molecule has 1 rings (SSSR count). The molecule has 1 aliphatic rings. The van der Waals surface area contributed by atoms with Crippen molar-refractivity contribution >= 4 is 12.3 Å². The molecule has 0 radical (unpaired) electrons. The van der Waals surface area contributed by atoms with Crippen molar-refractivity contribution in [3.63, 3.8) is 0 Å². The summed E-state index contributed by atoms with van der Waals surface area (Å²) in [6.45, 7) is 4.48. The first-order valence-corrected chi connectivity index (χ1v) is 7.62. The second kappa shape index (κ2) is 8.34. The van der Waals surface area contributed by atoms with E-state index in [0.29, 0.717) is 24.2 Å². The van der Waals surface area contributed by atoms with Crippen molar-refractivity contribution in [3.8, 4) is 0 Å². The molecule has 110 valence electrons. The first kappa shape index (κ1) is 16.2. The molecule has 0 saturated heterocycles.